The van der Waals surface area contributed by atoms with E-state index in [0.717, 1.165) is 16.7 Å². The number of carbonyl (C=O) groups is 1. The maximum atomic E-state index is 11.5. The van der Waals surface area contributed by atoms with Crippen molar-refractivity contribution < 1.29 is 9.21 Å². The number of furan rings is 1. The molecule has 16 heavy (non-hydrogen) atoms. The number of benzene rings is 1. The minimum absolute atomic E-state index is 0.243. The van der Waals surface area contributed by atoms with E-state index in [0.29, 0.717) is 12.2 Å². The van der Waals surface area contributed by atoms with Gasteiger partial charge in [-0.1, -0.05) is 32.0 Å². The number of rotatable bonds is 1. The van der Waals surface area contributed by atoms with Crippen LogP contribution in [-0.4, -0.2) is 5.78 Å². The molecule has 2 nitrogen and oxygen atoms in total. The minimum atomic E-state index is -0.256. The summed E-state index contributed by atoms with van der Waals surface area (Å²) in [6.45, 7) is 3.99. The molecule has 0 saturated heterocycles. The second-order valence-corrected chi connectivity index (χ2v) is 5.09. The van der Waals surface area contributed by atoms with Crippen molar-refractivity contribution in [1.29, 1.82) is 0 Å². The van der Waals surface area contributed by atoms with Crippen molar-refractivity contribution in [2.24, 2.45) is 5.41 Å². The van der Waals surface area contributed by atoms with Crippen molar-refractivity contribution in [1.82, 2.24) is 0 Å². The summed E-state index contributed by atoms with van der Waals surface area (Å²) in [5, 5.41) is 1.12. The number of para-hydroxylation sites is 1. The first kappa shape index (κ1) is 9.64. The molecule has 1 aromatic carbocycles. The number of carbonyl (C=O) groups excluding carboxylic acids is 1. The molecule has 1 aromatic heterocycles. The van der Waals surface area contributed by atoms with Crippen molar-refractivity contribution in [3.63, 3.8) is 0 Å². The van der Waals surface area contributed by atoms with E-state index in [1.54, 1.807) is 0 Å². The van der Waals surface area contributed by atoms with Crippen molar-refractivity contribution in [2.45, 2.75) is 26.2 Å². The Labute approximate surface area is 94.3 Å². The Morgan fingerprint density at radius 2 is 2.06 bits per heavy atom. The molecule has 1 aliphatic rings. The fourth-order valence-electron chi connectivity index (χ4n) is 2.40. The third-order valence-corrected chi connectivity index (χ3v) is 3.77. The van der Waals surface area contributed by atoms with Crippen LogP contribution in [-0.2, 0) is 4.79 Å². The van der Waals surface area contributed by atoms with E-state index in [4.69, 9.17) is 4.42 Å². The average Bonchev–Trinajstić information content (AvgIpc) is 2.68. The smallest absolute Gasteiger partial charge is 0.139 e. The zero-order valence-corrected chi connectivity index (χ0v) is 9.49. The lowest BCUT2D eigenvalue weighted by Gasteiger charge is -2.41. The fraction of sp³-hybridized carbons (Fsp3) is 0.357. The van der Waals surface area contributed by atoms with Crippen LogP contribution in [0.15, 0.2) is 34.7 Å². The zero-order valence-electron chi connectivity index (χ0n) is 9.49. The van der Waals surface area contributed by atoms with E-state index < -0.39 is 0 Å². The second-order valence-electron chi connectivity index (χ2n) is 5.09. The zero-order chi connectivity index (χ0) is 11.3. The Balaban J connectivity index is 2.05. The number of ketones is 1. The Morgan fingerprint density at radius 3 is 2.69 bits per heavy atom. The van der Waals surface area contributed by atoms with Crippen LogP contribution >= 0.6 is 0 Å². The molecule has 1 aliphatic carbocycles. The third-order valence-electron chi connectivity index (χ3n) is 3.77. The highest BCUT2D eigenvalue weighted by atomic mass is 16.3. The van der Waals surface area contributed by atoms with E-state index in [9.17, 15) is 4.79 Å². The summed E-state index contributed by atoms with van der Waals surface area (Å²) < 4.78 is 5.80. The number of Topliss-reactive ketones (excluding diaryl/α,β-unsaturated/α-hetero) is 1. The average molecular weight is 214 g/mol. The van der Waals surface area contributed by atoms with Crippen molar-refractivity contribution >= 4 is 16.8 Å². The fourth-order valence-corrected chi connectivity index (χ4v) is 2.40. The van der Waals surface area contributed by atoms with E-state index in [1.807, 2.05) is 38.1 Å². The van der Waals surface area contributed by atoms with Crippen LogP contribution in [0.25, 0.3) is 11.0 Å². The Kier molecular flexibility index (Phi) is 1.79. The van der Waals surface area contributed by atoms with Crippen LogP contribution < -0.4 is 0 Å². The van der Waals surface area contributed by atoms with Crippen LogP contribution in [0.2, 0.25) is 0 Å². The molecular weight excluding hydrogens is 200 g/mol. The molecule has 2 aromatic rings. The van der Waals surface area contributed by atoms with Crippen molar-refractivity contribution in [3.05, 3.63) is 36.1 Å². The standard InChI is InChI=1S/C14H14O2/c1-14(2)10(8-13(14)15)12-7-9-5-3-4-6-11(9)16-12/h3-7,10H,8H2,1-2H3. The summed E-state index contributed by atoms with van der Waals surface area (Å²) in [6, 6.07) is 10.0. The SMILES string of the molecule is CC1(C)C(=O)CC1c1cc2ccccc2o1. The summed E-state index contributed by atoms with van der Waals surface area (Å²) in [5.41, 5.74) is 0.654. The highest BCUT2D eigenvalue weighted by Crippen LogP contribution is 2.50. The molecular formula is C14H14O2. The third kappa shape index (κ3) is 1.16. The molecule has 1 unspecified atom stereocenters. The molecule has 82 valence electrons. The summed E-state index contributed by atoms with van der Waals surface area (Å²) in [4.78, 5) is 11.5. The summed E-state index contributed by atoms with van der Waals surface area (Å²) in [6.07, 6.45) is 0.618. The van der Waals surface area contributed by atoms with Gasteiger partial charge in [0.1, 0.15) is 17.1 Å². The maximum absolute atomic E-state index is 11.5. The molecule has 3 rings (SSSR count). The van der Waals surface area contributed by atoms with Gasteiger partial charge in [0.05, 0.1) is 0 Å². The molecule has 2 heteroatoms. The predicted octanol–water partition coefficient (Wildman–Crippen LogP) is 3.52. The lowest BCUT2D eigenvalue weighted by molar-refractivity contribution is -0.138. The van der Waals surface area contributed by atoms with E-state index in [2.05, 4.69) is 6.07 Å². The quantitative estimate of drug-likeness (QED) is 0.727. The molecule has 0 bridgehead atoms. The van der Waals surface area contributed by atoms with Crippen molar-refractivity contribution in [2.75, 3.05) is 0 Å². The number of hydrogen-bond donors (Lipinski definition) is 0. The van der Waals surface area contributed by atoms with Gasteiger partial charge in [0, 0.05) is 23.1 Å². The summed E-state index contributed by atoms with van der Waals surface area (Å²) in [7, 11) is 0. The molecule has 1 heterocycles. The van der Waals surface area contributed by atoms with Gasteiger partial charge in [0.25, 0.3) is 0 Å². The summed E-state index contributed by atoms with van der Waals surface area (Å²) in [5.74, 6) is 1.52. The molecule has 0 radical (unpaired) electrons. The molecule has 1 saturated carbocycles. The van der Waals surface area contributed by atoms with Crippen LogP contribution in [0, 0.1) is 5.41 Å². The molecule has 0 N–H and O–H groups in total. The maximum Gasteiger partial charge on any atom is 0.139 e. The number of fused-ring (bicyclic) bond motifs is 1. The van der Waals surface area contributed by atoms with Gasteiger partial charge in [-0.05, 0) is 12.1 Å². The topological polar surface area (TPSA) is 30.2 Å². The number of hydrogen-bond acceptors (Lipinski definition) is 2. The van der Waals surface area contributed by atoms with E-state index >= 15 is 0 Å². The lowest BCUT2D eigenvalue weighted by atomic mass is 9.60. The van der Waals surface area contributed by atoms with Gasteiger partial charge in [-0.15, -0.1) is 0 Å². The van der Waals surface area contributed by atoms with Gasteiger partial charge < -0.3 is 4.42 Å². The highest BCUT2D eigenvalue weighted by Gasteiger charge is 2.49. The predicted molar refractivity (Wildman–Crippen MR) is 62.4 cm³/mol. The van der Waals surface area contributed by atoms with Gasteiger partial charge in [0.15, 0.2) is 0 Å². The first-order chi connectivity index (χ1) is 7.59. The monoisotopic (exact) mass is 214 g/mol. The molecule has 1 atom stereocenters. The second kappa shape index (κ2) is 2.97. The van der Waals surface area contributed by atoms with Gasteiger partial charge in [-0.2, -0.15) is 0 Å². The van der Waals surface area contributed by atoms with Crippen LogP contribution in [0.3, 0.4) is 0 Å². The minimum Gasteiger partial charge on any atom is -0.461 e. The first-order valence-electron chi connectivity index (χ1n) is 5.61. The molecule has 1 fully saturated rings. The van der Waals surface area contributed by atoms with Gasteiger partial charge in [-0.3, -0.25) is 4.79 Å². The van der Waals surface area contributed by atoms with Gasteiger partial charge >= 0.3 is 0 Å². The van der Waals surface area contributed by atoms with Crippen LogP contribution in [0.1, 0.15) is 31.9 Å². The van der Waals surface area contributed by atoms with Gasteiger partial charge in [0.2, 0.25) is 0 Å². The largest absolute Gasteiger partial charge is 0.461 e. The molecule has 0 aliphatic heterocycles. The Morgan fingerprint density at radius 1 is 1.31 bits per heavy atom. The highest BCUT2D eigenvalue weighted by molar-refractivity contribution is 5.92. The van der Waals surface area contributed by atoms with Crippen molar-refractivity contribution in [3.8, 4) is 0 Å². The lowest BCUT2D eigenvalue weighted by Crippen LogP contribution is -2.43. The normalized spacial score (nSPS) is 23.4. The molecule has 0 amide bonds. The Bertz CT molecular complexity index is 530. The van der Waals surface area contributed by atoms with Crippen LogP contribution in [0.4, 0.5) is 0 Å². The summed E-state index contributed by atoms with van der Waals surface area (Å²) >= 11 is 0. The van der Waals surface area contributed by atoms with Crippen LogP contribution in [0.5, 0.6) is 0 Å². The first-order valence-corrected chi connectivity index (χ1v) is 5.61. The Hall–Kier alpha value is -1.57. The van der Waals surface area contributed by atoms with E-state index in [-0.39, 0.29) is 11.3 Å². The molecule has 0 spiro atoms. The van der Waals surface area contributed by atoms with Gasteiger partial charge in [-0.25, -0.2) is 0 Å². The van der Waals surface area contributed by atoms with E-state index in [1.165, 1.54) is 0 Å².